The molecule has 4 N–H and O–H groups in total. The third-order valence-electron chi connectivity index (χ3n) is 4.23. The molecule has 7 nitrogen and oxygen atoms in total. The maximum absolute atomic E-state index is 12.7. The predicted octanol–water partition coefficient (Wildman–Crippen LogP) is 1.41. The Labute approximate surface area is 149 Å². The summed E-state index contributed by atoms with van der Waals surface area (Å²) in [6, 6.07) is 1.85. The van der Waals surface area contributed by atoms with Gasteiger partial charge in [0.15, 0.2) is 0 Å². The van der Waals surface area contributed by atoms with Crippen LogP contribution < -0.4 is 11.1 Å². The maximum atomic E-state index is 12.7. The van der Waals surface area contributed by atoms with Gasteiger partial charge in [-0.1, -0.05) is 13.8 Å². The predicted molar refractivity (Wildman–Crippen MR) is 95.3 cm³/mol. The number of nitrogens with zero attached hydrogens (tertiary/aromatic N) is 2. The molecule has 1 aromatic rings. The first-order valence-electron chi connectivity index (χ1n) is 8.36. The van der Waals surface area contributed by atoms with Crippen LogP contribution in [0.2, 0.25) is 0 Å². The molecule has 1 aliphatic heterocycles. The van der Waals surface area contributed by atoms with Crippen molar-refractivity contribution in [1.82, 2.24) is 20.4 Å². The summed E-state index contributed by atoms with van der Waals surface area (Å²) in [5.74, 6) is 0.176. The first kappa shape index (κ1) is 20.4. The molecule has 0 saturated carbocycles. The van der Waals surface area contributed by atoms with Crippen molar-refractivity contribution in [3.05, 3.63) is 17.5 Å². The molecule has 2 amide bonds. The first-order chi connectivity index (χ1) is 11.0. The molecule has 2 rings (SSSR count). The van der Waals surface area contributed by atoms with Gasteiger partial charge in [-0.15, -0.1) is 12.4 Å². The van der Waals surface area contributed by atoms with Gasteiger partial charge in [-0.2, -0.15) is 5.10 Å². The van der Waals surface area contributed by atoms with E-state index in [9.17, 15) is 9.59 Å². The Kier molecular flexibility index (Phi) is 8.21. The van der Waals surface area contributed by atoms with Gasteiger partial charge in [0.1, 0.15) is 5.69 Å². The third-order valence-corrected chi connectivity index (χ3v) is 4.23. The number of piperidine rings is 1. The topological polar surface area (TPSA) is 104 Å². The number of carbonyl (C=O) groups is 2. The second-order valence-electron chi connectivity index (χ2n) is 6.35. The van der Waals surface area contributed by atoms with Crippen LogP contribution in [0.5, 0.6) is 0 Å². The molecule has 0 aliphatic carbocycles. The van der Waals surface area contributed by atoms with E-state index < -0.39 is 0 Å². The Bertz CT molecular complexity index is 546. The molecule has 0 radical (unpaired) electrons. The van der Waals surface area contributed by atoms with Crippen molar-refractivity contribution in [3.63, 3.8) is 0 Å². The van der Waals surface area contributed by atoms with E-state index in [1.165, 1.54) is 0 Å². The van der Waals surface area contributed by atoms with Crippen LogP contribution in [0, 0.1) is 0 Å². The van der Waals surface area contributed by atoms with Crippen LogP contribution in [0.4, 0.5) is 0 Å². The number of hydrogen-bond acceptors (Lipinski definition) is 4. The Morgan fingerprint density at radius 1 is 1.46 bits per heavy atom. The van der Waals surface area contributed by atoms with E-state index >= 15 is 0 Å². The van der Waals surface area contributed by atoms with Crippen LogP contribution in [-0.2, 0) is 4.79 Å². The Morgan fingerprint density at radius 2 is 2.21 bits per heavy atom. The van der Waals surface area contributed by atoms with Gasteiger partial charge in [0.05, 0.1) is 0 Å². The van der Waals surface area contributed by atoms with Gasteiger partial charge in [0.2, 0.25) is 5.91 Å². The lowest BCUT2D eigenvalue weighted by atomic mass is 10.0. The minimum Gasteiger partial charge on any atom is -0.354 e. The number of rotatable bonds is 6. The van der Waals surface area contributed by atoms with E-state index in [4.69, 9.17) is 5.73 Å². The largest absolute Gasteiger partial charge is 0.354 e. The van der Waals surface area contributed by atoms with E-state index in [1.54, 1.807) is 0 Å². The van der Waals surface area contributed by atoms with Crippen LogP contribution >= 0.6 is 12.4 Å². The highest BCUT2D eigenvalue weighted by Gasteiger charge is 2.29. The Balaban J connectivity index is 0.00000288. The molecule has 1 atom stereocenters. The Morgan fingerprint density at radius 3 is 2.83 bits per heavy atom. The molecule has 8 heteroatoms. The molecule has 1 aromatic heterocycles. The summed E-state index contributed by atoms with van der Waals surface area (Å²) >= 11 is 0. The summed E-state index contributed by atoms with van der Waals surface area (Å²) in [5.41, 5.74) is 6.79. The second-order valence-corrected chi connectivity index (χ2v) is 6.35. The second kappa shape index (κ2) is 9.64. The number of aromatic amines is 1. The van der Waals surface area contributed by atoms with E-state index in [1.807, 2.05) is 11.0 Å². The number of H-pyrrole nitrogens is 1. The molecule has 136 valence electrons. The fourth-order valence-corrected chi connectivity index (χ4v) is 2.82. The number of hydrogen-bond donors (Lipinski definition) is 3. The van der Waals surface area contributed by atoms with Crippen molar-refractivity contribution in [3.8, 4) is 0 Å². The smallest absolute Gasteiger partial charge is 0.274 e. The van der Waals surface area contributed by atoms with Crippen LogP contribution in [0.3, 0.4) is 0 Å². The average Bonchev–Trinajstić information content (AvgIpc) is 3.03. The summed E-state index contributed by atoms with van der Waals surface area (Å²) in [6.07, 6.45) is 3.27. The lowest BCUT2D eigenvalue weighted by molar-refractivity contribution is -0.121. The van der Waals surface area contributed by atoms with Crippen molar-refractivity contribution in [2.45, 2.75) is 51.5 Å². The van der Waals surface area contributed by atoms with E-state index in [0.29, 0.717) is 37.7 Å². The number of amides is 2. The molecule has 0 spiro atoms. The molecule has 24 heavy (non-hydrogen) atoms. The summed E-state index contributed by atoms with van der Waals surface area (Å²) in [4.78, 5) is 26.2. The molecule has 1 aliphatic rings. The van der Waals surface area contributed by atoms with Crippen molar-refractivity contribution in [1.29, 1.82) is 0 Å². The summed E-state index contributed by atoms with van der Waals surface area (Å²) in [5, 5.41) is 9.95. The quantitative estimate of drug-likeness (QED) is 0.716. The van der Waals surface area contributed by atoms with Gasteiger partial charge >= 0.3 is 0 Å². The first-order valence-corrected chi connectivity index (χ1v) is 8.36. The SMILES string of the molecule is CC(C)c1cc(C(=O)N2CCCCC2CNC(=O)CCN)n[nH]1.Cl. The van der Waals surface area contributed by atoms with Crippen LogP contribution in [0.1, 0.15) is 61.6 Å². The summed E-state index contributed by atoms with van der Waals surface area (Å²) in [7, 11) is 0. The number of nitrogens with two attached hydrogens (primary N) is 1. The van der Waals surface area contributed by atoms with Gasteiger partial charge in [0.25, 0.3) is 5.91 Å². The molecule has 1 fully saturated rings. The standard InChI is InChI=1S/C16H27N5O2.ClH/c1-11(2)13-9-14(20-19-13)16(23)21-8-4-3-5-12(21)10-18-15(22)6-7-17;/h9,11-12H,3-8,10,17H2,1-2H3,(H,18,22)(H,19,20);1H. The third kappa shape index (κ3) is 5.21. The molecule has 2 heterocycles. The van der Waals surface area contributed by atoms with E-state index in [2.05, 4.69) is 29.4 Å². The van der Waals surface area contributed by atoms with Gasteiger partial charge in [0, 0.05) is 37.8 Å². The van der Waals surface area contributed by atoms with E-state index in [-0.39, 0.29) is 30.3 Å². The van der Waals surface area contributed by atoms with Gasteiger partial charge in [-0.3, -0.25) is 14.7 Å². The van der Waals surface area contributed by atoms with E-state index in [0.717, 1.165) is 25.0 Å². The minimum atomic E-state index is -0.0640. The zero-order valence-corrected chi connectivity index (χ0v) is 15.2. The van der Waals surface area contributed by atoms with Crippen molar-refractivity contribution >= 4 is 24.2 Å². The molecular weight excluding hydrogens is 330 g/mol. The number of carbonyl (C=O) groups excluding carboxylic acids is 2. The fourth-order valence-electron chi connectivity index (χ4n) is 2.82. The number of likely N-dealkylation sites (tertiary alicyclic amines) is 1. The van der Waals surface area contributed by atoms with Crippen LogP contribution in [0.15, 0.2) is 6.07 Å². The lowest BCUT2D eigenvalue weighted by Gasteiger charge is -2.35. The monoisotopic (exact) mass is 357 g/mol. The summed E-state index contributed by atoms with van der Waals surface area (Å²) < 4.78 is 0. The van der Waals surface area contributed by atoms with Crippen molar-refractivity contribution < 1.29 is 9.59 Å². The molecule has 0 bridgehead atoms. The lowest BCUT2D eigenvalue weighted by Crippen LogP contribution is -2.49. The average molecular weight is 358 g/mol. The van der Waals surface area contributed by atoms with Gasteiger partial charge < -0.3 is 16.0 Å². The normalized spacial score (nSPS) is 17.5. The van der Waals surface area contributed by atoms with Crippen molar-refractivity contribution in [2.24, 2.45) is 5.73 Å². The fraction of sp³-hybridized carbons (Fsp3) is 0.688. The molecular formula is C16H28ClN5O2. The number of nitrogens with one attached hydrogen (secondary N) is 2. The number of halogens is 1. The molecule has 0 aromatic carbocycles. The van der Waals surface area contributed by atoms with Crippen molar-refractivity contribution in [2.75, 3.05) is 19.6 Å². The highest BCUT2D eigenvalue weighted by atomic mass is 35.5. The van der Waals surface area contributed by atoms with Crippen LogP contribution in [0.25, 0.3) is 0 Å². The highest BCUT2D eigenvalue weighted by molar-refractivity contribution is 5.92. The minimum absolute atomic E-state index is 0. The zero-order chi connectivity index (χ0) is 16.8. The number of aromatic nitrogens is 2. The maximum Gasteiger partial charge on any atom is 0.274 e. The van der Waals surface area contributed by atoms with Gasteiger partial charge in [-0.25, -0.2) is 0 Å². The Hall–Kier alpha value is -1.60. The molecule has 1 saturated heterocycles. The molecule has 1 unspecified atom stereocenters. The summed E-state index contributed by atoms with van der Waals surface area (Å²) in [6.45, 7) is 5.63. The highest BCUT2D eigenvalue weighted by Crippen LogP contribution is 2.20. The zero-order valence-electron chi connectivity index (χ0n) is 14.4. The van der Waals surface area contributed by atoms with Gasteiger partial charge in [-0.05, 0) is 31.2 Å². The van der Waals surface area contributed by atoms with Crippen LogP contribution in [-0.4, -0.2) is 52.6 Å².